The van der Waals surface area contributed by atoms with Gasteiger partial charge in [-0.1, -0.05) is 40.8 Å². The van der Waals surface area contributed by atoms with Gasteiger partial charge >= 0.3 is 0 Å². The van der Waals surface area contributed by atoms with E-state index in [0.717, 1.165) is 28.8 Å². The average Bonchev–Trinajstić information content (AvgIpc) is 3.42. The summed E-state index contributed by atoms with van der Waals surface area (Å²) < 4.78 is 12.3. The number of ether oxygens (including phenoxy) is 1. The summed E-state index contributed by atoms with van der Waals surface area (Å²) in [5.74, 6) is 1.10. The largest absolute Gasteiger partial charge is 0.484 e. The number of nitrogens with one attached hydrogen (secondary N) is 1. The van der Waals surface area contributed by atoms with Gasteiger partial charge < -0.3 is 14.5 Å². The van der Waals surface area contributed by atoms with E-state index in [1.807, 2.05) is 18.2 Å². The molecule has 1 aliphatic carbocycles. The molecule has 0 aliphatic heterocycles. The Morgan fingerprint density at radius 1 is 1.16 bits per heavy atom. The number of thioether (sulfide) groups is 1. The Morgan fingerprint density at radius 2 is 2.03 bits per heavy atom. The van der Waals surface area contributed by atoms with E-state index in [9.17, 15) is 4.79 Å². The van der Waals surface area contributed by atoms with Gasteiger partial charge in [0.15, 0.2) is 11.7 Å². The second-order valence-corrected chi connectivity index (χ2v) is 9.75. The number of carbonyl (C=O) groups excluding carboxylic acids is 1. The maximum atomic E-state index is 12.3. The van der Waals surface area contributed by atoms with Crippen molar-refractivity contribution in [3.8, 4) is 5.75 Å². The lowest BCUT2D eigenvalue weighted by Crippen LogP contribution is -2.13. The van der Waals surface area contributed by atoms with Crippen LogP contribution in [0.1, 0.15) is 29.9 Å². The van der Waals surface area contributed by atoms with E-state index in [0.29, 0.717) is 21.3 Å². The molecule has 32 heavy (non-hydrogen) atoms. The maximum Gasteiger partial charge on any atom is 0.277 e. The van der Waals surface area contributed by atoms with Crippen molar-refractivity contribution in [3.63, 3.8) is 0 Å². The number of aromatic nitrogens is 3. The first-order chi connectivity index (χ1) is 15.6. The third-order valence-corrected chi connectivity index (χ3v) is 7.04. The van der Waals surface area contributed by atoms with Crippen molar-refractivity contribution in [2.45, 2.75) is 37.5 Å². The van der Waals surface area contributed by atoms with Crippen LogP contribution in [0.5, 0.6) is 5.75 Å². The number of thiazole rings is 1. The number of aryl methyl sites for hydroxylation is 2. The van der Waals surface area contributed by atoms with Gasteiger partial charge in [-0.05, 0) is 67.1 Å². The van der Waals surface area contributed by atoms with E-state index < -0.39 is 0 Å². The summed E-state index contributed by atoms with van der Waals surface area (Å²) in [5.41, 5.74) is 3.56. The zero-order valence-electron chi connectivity index (χ0n) is 17.0. The van der Waals surface area contributed by atoms with Gasteiger partial charge in [0, 0.05) is 5.02 Å². The molecule has 0 saturated heterocycles. The molecule has 7 nitrogen and oxygen atoms in total. The molecule has 0 saturated carbocycles. The van der Waals surface area contributed by atoms with E-state index >= 15 is 0 Å². The van der Waals surface area contributed by atoms with E-state index in [4.69, 9.17) is 20.8 Å². The number of carbonyl (C=O) groups is 1. The van der Waals surface area contributed by atoms with Crippen LogP contribution < -0.4 is 10.1 Å². The molecule has 2 heterocycles. The predicted octanol–water partition coefficient (Wildman–Crippen LogP) is 5.52. The maximum absolute atomic E-state index is 12.3. The van der Waals surface area contributed by atoms with Crippen LogP contribution in [0, 0.1) is 0 Å². The van der Waals surface area contributed by atoms with Crippen molar-refractivity contribution in [1.29, 1.82) is 0 Å². The molecule has 1 aliphatic rings. The van der Waals surface area contributed by atoms with Crippen LogP contribution in [0.3, 0.4) is 0 Å². The Kier molecular flexibility index (Phi) is 6.29. The molecule has 0 atom stereocenters. The molecule has 0 unspecified atom stereocenters. The van der Waals surface area contributed by atoms with Crippen molar-refractivity contribution in [3.05, 3.63) is 58.4 Å². The number of rotatable bonds is 7. The molecule has 0 bridgehead atoms. The molecule has 5 rings (SSSR count). The summed E-state index contributed by atoms with van der Waals surface area (Å²) in [7, 11) is 0. The molecular formula is C22H19ClN4O3S2. The molecule has 10 heteroatoms. The fourth-order valence-corrected chi connectivity index (χ4v) is 5.27. The molecule has 1 amide bonds. The number of benzene rings is 2. The molecule has 2 aromatic carbocycles. The van der Waals surface area contributed by atoms with Crippen LogP contribution in [-0.2, 0) is 24.2 Å². The number of anilines is 1. The smallest absolute Gasteiger partial charge is 0.277 e. The normalized spacial score (nSPS) is 13.2. The Bertz CT molecular complexity index is 1270. The molecular weight excluding hydrogens is 468 g/mol. The van der Waals surface area contributed by atoms with Crippen molar-refractivity contribution >= 4 is 56.0 Å². The highest BCUT2D eigenvalue weighted by Crippen LogP contribution is 2.29. The van der Waals surface area contributed by atoms with Crippen LogP contribution >= 0.6 is 34.7 Å². The Morgan fingerprint density at radius 3 is 2.94 bits per heavy atom. The number of nitrogens with zero attached hydrogens (tertiary/aromatic N) is 3. The van der Waals surface area contributed by atoms with E-state index in [1.165, 1.54) is 47.1 Å². The summed E-state index contributed by atoms with van der Waals surface area (Å²) in [6.07, 6.45) is 4.71. The zero-order chi connectivity index (χ0) is 21.9. The highest BCUT2D eigenvalue weighted by Gasteiger charge is 2.14. The molecule has 4 aromatic rings. The topological polar surface area (TPSA) is 90.1 Å². The first-order valence-electron chi connectivity index (χ1n) is 10.2. The average molecular weight is 487 g/mol. The highest BCUT2D eigenvalue weighted by atomic mass is 35.5. The molecule has 0 radical (unpaired) electrons. The van der Waals surface area contributed by atoms with Crippen LogP contribution in [0.4, 0.5) is 5.13 Å². The van der Waals surface area contributed by atoms with E-state index in [2.05, 4.69) is 32.6 Å². The van der Waals surface area contributed by atoms with Crippen molar-refractivity contribution in [1.82, 2.24) is 15.2 Å². The predicted molar refractivity (Wildman–Crippen MR) is 126 cm³/mol. The molecule has 0 fully saturated rings. The molecule has 2 aromatic heterocycles. The minimum Gasteiger partial charge on any atom is -0.484 e. The van der Waals surface area contributed by atoms with Gasteiger partial charge in [0.05, 0.1) is 16.0 Å². The van der Waals surface area contributed by atoms with Gasteiger partial charge in [-0.2, -0.15) is 0 Å². The number of hydrogen-bond donors (Lipinski definition) is 1. The second kappa shape index (κ2) is 9.48. The molecule has 1 N–H and O–H groups in total. The first kappa shape index (κ1) is 21.2. The van der Waals surface area contributed by atoms with Gasteiger partial charge in [0.25, 0.3) is 11.1 Å². The van der Waals surface area contributed by atoms with Gasteiger partial charge in [-0.15, -0.1) is 10.2 Å². The monoisotopic (exact) mass is 486 g/mol. The van der Waals surface area contributed by atoms with Crippen molar-refractivity contribution in [2.75, 3.05) is 11.1 Å². The fourth-order valence-electron chi connectivity index (χ4n) is 3.53. The highest BCUT2D eigenvalue weighted by molar-refractivity contribution is 7.99. The standard InChI is InChI=1S/C22H19ClN4O3S2/c23-15-6-8-17-18(10-15)32-21(24-17)25-19(28)12-31-22-27-26-20(30-22)11-29-16-7-5-13-3-1-2-4-14(13)9-16/h5-10H,1-4,11-12H2,(H,24,25,28). The van der Waals surface area contributed by atoms with Crippen LogP contribution in [0.2, 0.25) is 5.02 Å². The first-order valence-corrected chi connectivity index (χ1v) is 12.4. The lowest BCUT2D eigenvalue weighted by atomic mass is 9.92. The number of hydrogen-bond acceptors (Lipinski definition) is 8. The van der Waals surface area contributed by atoms with Gasteiger partial charge in [-0.3, -0.25) is 4.79 Å². The number of amides is 1. The minimum atomic E-state index is -0.204. The number of fused-ring (bicyclic) bond motifs is 2. The van der Waals surface area contributed by atoms with Crippen molar-refractivity contribution in [2.24, 2.45) is 0 Å². The quantitative estimate of drug-likeness (QED) is 0.344. The zero-order valence-corrected chi connectivity index (χ0v) is 19.4. The van der Waals surface area contributed by atoms with E-state index in [-0.39, 0.29) is 18.3 Å². The summed E-state index contributed by atoms with van der Waals surface area (Å²) in [4.78, 5) is 16.6. The fraction of sp³-hybridized carbons (Fsp3) is 0.273. The second-order valence-electron chi connectivity index (χ2n) is 7.36. The minimum absolute atomic E-state index is 0.129. The molecule has 0 spiro atoms. The lowest BCUT2D eigenvalue weighted by molar-refractivity contribution is -0.113. The lowest BCUT2D eigenvalue weighted by Gasteiger charge is -2.16. The number of halogens is 1. The third kappa shape index (κ3) is 5.06. The Labute approximate surface area is 197 Å². The third-order valence-electron chi connectivity index (χ3n) is 5.05. The summed E-state index contributed by atoms with van der Waals surface area (Å²) in [6, 6.07) is 11.6. The van der Waals surface area contributed by atoms with Gasteiger partial charge in [-0.25, -0.2) is 4.98 Å². The van der Waals surface area contributed by atoms with Crippen LogP contribution in [-0.4, -0.2) is 26.8 Å². The SMILES string of the molecule is O=C(CSc1nnc(COc2ccc3c(c2)CCCC3)o1)Nc1nc2ccc(Cl)cc2s1. The molecule has 164 valence electrons. The van der Waals surface area contributed by atoms with E-state index in [1.54, 1.807) is 6.07 Å². The Balaban J connectivity index is 1.12. The van der Waals surface area contributed by atoms with Crippen LogP contribution in [0.15, 0.2) is 46.0 Å². The summed E-state index contributed by atoms with van der Waals surface area (Å²) in [6.45, 7) is 0.187. The van der Waals surface area contributed by atoms with Crippen LogP contribution in [0.25, 0.3) is 10.2 Å². The van der Waals surface area contributed by atoms with Gasteiger partial charge in [0.2, 0.25) is 5.91 Å². The van der Waals surface area contributed by atoms with Gasteiger partial charge in [0.1, 0.15) is 5.75 Å². The van der Waals surface area contributed by atoms with Crippen molar-refractivity contribution < 1.29 is 13.9 Å². The Hall–Kier alpha value is -2.62. The summed E-state index contributed by atoms with van der Waals surface area (Å²) in [5, 5.41) is 12.3. The summed E-state index contributed by atoms with van der Waals surface area (Å²) >= 11 is 8.53.